The maximum absolute atomic E-state index is 12.2. The van der Waals surface area contributed by atoms with E-state index in [1.165, 1.54) is 31.0 Å². The number of hydrogen-bond donors (Lipinski definition) is 1. The first-order valence-corrected chi connectivity index (χ1v) is 12.0. The number of aromatic nitrogens is 2. The number of thioether (sulfide) groups is 1. The van der Waals surface area contributed by atoms with E-state index in [4.69, 9.17) is 22.1 Å². The number of thiocarbonyl (C=S) groups is 1. The van der Waals surface area contributed by atoms with Crippen LogP contribution in [0.1, 0.15) is 38.2 Å². The molecule has 164 valence electrons. The van der Waals surface area contributed by atoms with Crippen molar-refractivity contribution in [1.29, 1.82) is 0 Å². The molecule has 0 spiro atoms. The zero-order valence-electron chi connectivity index (χ0n) is 17.9. The number of benzene rings is 2. The number of para-hydroxylation sites is 1. The van der Waals surface area contributed by atoms with Gasteiger partial charge in [-0.2, -0.15) is 5.10 Å². The summed E-state index contributed by atoms with van der Waals surface area (Å²) in [4.78, 5) is 12.8. The van der Waals surface area contributed by atoms with Crippen molar-refractivity contribution >= 4 is 40.3 Å². The molecule has 1 aromatic heterocycles. The monoisotopic (exact) mass is 463 g/mol. The van der Waals surface area contributed by atoms with Crippen LogP contribution in [0.15, 0.2) is 65.7 Å². The van der Waals surface area contributed by atoms with E-state index in [0.717, 1.165) is 41.3 Å². The molecule has 3 aromatic rings. The highest BCUT2D eigenvalue weighted by Gasteiger charge is 2.23. The van der Waals surface area contributed by atoms with E-state index in [-0.39, 0.29) is 5.91 Å². The summed E-state index contributed by atoms with van der Waals surface area (Å²) in [6.45, 7) is 2.93. The quantitative estimate of drug-likeness (QED) is 0.240. The molecule has 0 bridgehead atoms. The van der Waals surface area contributed by atoms with Crippen molar-refractivity contribution in [2.75, 3.05) is 6.61 Å². The van der Waals surface area contributed by atoms with E-state index in [0.29, 0.717) is 9.23 Å². The van der Waals surface area contributed by atoms with Crippen molar-refractivity contribution < 1.29 is 9.53 Å². The van der Waals surface area contributed by atoms with Crippen molar-refractivity contribution in [3.05, 3.63) is 71.3 Å². The van der Waals surface area contributed by atoms with Gasteiger partial charge in [0.25, 0.3) is 5.91 Å². The number of carbonyl (C=O) groups is 1. The third-order valence-corrected chi connectivity index (χ3v) is 6.25. The lowest BCUT2D eigenvalue weighted by Gasteiger charge is -2.07. The van der Waals surface area contributed by atoms with Gasteiger partial charge < -0.3 is 10.1 Å². The normalized spacial score (nSPS) is 14.7. The van der Waals surface area contributed by atoms with E-state index in [1.807, 2.05) is 71.6 Å². The average Bonchev–Trinajstić information content (AvgIpc) is 3.37. The van der Waals surface area contributed by atoms with Gasteiger partial charge in [0.15, 0.2) is 0 Å². The fourth-order valence-electron chi connectivity index (χ4n) is 3.42. The van der Waals surface area contributed by atoms with E-state index < -0.39 is 0 Å². The van der Waals surface area contributed by atoms with Gasteiger partial charge in [0.05, 0.1) is 22.9 Å². The summed E-state index contributed by atoms with van der Waals surface area (Å²) in [5, 5.41) is 7.49. The number of ether oxygens (including phenoxy) is 1. The number of nitrogens with zero attached hydrogens (tertiary/aromatic N) is 2. The lowest BCUT2D eigenvalue weighted by atomic mass is 10.1. The fraction of sp³-hybridized carbons (Fsp3) is 0.240. The van der Waals surface area contributed by atoms with Gasteiger partial charge in [-0.05, 0) is 48.9 Å². The second-order valence-corrected chi connectivity index (χ2v) is 9.22. The molecule has 0 atom stereocenters. The van der Waals surface area contributed by atoms with Gasteiger partial charge in [-0.3, -0.25) is 4.79 Å². The minimum absolute atomic E-state index is 0.176. The molecule has 32 heavy (non-hydrogen) atoms. The molecule has 5 nitrogen and oxygen atoms in total. The van der Waals surface area contributed by atoms with Crippen LogP contribution in [0.5, 0.6) is 5.75 Å². The third-order valence-electron chi connectivity index (χ3n) is 5.09. The smallest absolute Gasteiger partial charge is 0.263 e. The first kappa shape index (κ1) is 22.3. The topological polar surface area (TPSA) is 56.1 Å². The Hall–Kier alpha value is -2.90. The SMILES string of the molecule is CCCCCCOc1ccc(-c2nn(-c3ccccc3)cc2C=C2SC(=S)NC2=O)cc1. The molecule has 0 saturated carbocycles. The number of nitrogens with one attached hydrogen (secondary N) is 1. The number of rotatable bonds is 9. The molecule has 1 N–H and O–H groups in total. The molecule has 1 fully saturated rings. The Morgan fingerprint density at radius 3 is 2.56 bits per heavy atom. The first-order valence-electron chi connectivity index (χ1n) is 10.8. The van der Waals surface area contributed by atoms with Crippen molar-refractivity contribution in [1.82, 2.24) is 15.1 Å². The molecule has 0 aliphatic carbocycles. The highest BCUT2D eigenvalue weighted by atomic mass is 32.2. The fourth-order valence-corrected chi connectivity index (χ4v) is 4.46. The molecule has 4 rings (SSSR count). The number of unbranched alkanes of at least 4 members (excludes halogenated alkanes) is 3. The van der Waals surface area contributed by atoms with Crippen LogP contribution in [0.4, 0.5) is 0 Å². The summed E-state index contributed by atoms with van der Waals surface area (Å²) in [6, 6.07) is 17.9. The van der Waals surface area contributed by atoms with Gasteiger partial charge in [0, 0.05) is 17.3 Å². The number of hydrogen-bond acceptors (Lipinski definition) is 5. The summed E-state index contributed by atoms with van der Waals surface area (Å²) >= 11 is 6.39. The van der Waals surface area contributed by atoms with Crippen LogP contribution in [0.3, 0.4) is 0 Å². The second-order valence-electron chi connectivity index (χ2n) is 7.50. The van der Waals surface area contributed by atoms with E-state index in [1.54, 1.807) is 0 Å². The van der Waals surface area contributed by atoms with Gasteiger partial charge >= 0.3 is 0 Å². The maximum Gasteiger partial charge on any atom is 0.263 e. The predicted octanol–water partition coefficient (Wildman–Crippen LogP) is 5.99. The predicted molar refractivity (Wildman–Crippen MR) is 135 cm³/mol. The van der Waals surface area contributed by atoms with Gasteiger partial charge in [0.1, 0.15) is 10.1 Å². The minimum atomic E-state index is -0.176. The second kappa shape index (κ2) is 10.6. The lowest BCUT2D eigenvalue weighted by Crippen LogP contribution is -2.17. The zero-order chi connectivity index (χ0) is 22.3. The van der Waals surface area contributed by atoms with Crippen LogP contribution in [0, 0.1) is 0 Å². The van der Waals surface area contributed by atoms with Crippen molar-refractivity contribution in [3.8, 4) is 22.7 Å². The van der Waals surface area contributed by atoms with Crippen LogP contribution in [0.2, 0.25) is 0 Å². The van der Waals surface area contributed by atoms with E-state index in [2.05, 4.69) is 12.2 Å². The summed E-state index contributed by atoms with van der Waals surface area (Å²) in [6.07, 6.45) is 8.50. The Labute approximate surface area is 197 Å². The molecular weight excluding hydrogens is 438 g/mol. The van der Waals surface area contributed by atoms with Gasteiger partial charge in [-0.1, -0.05) is 68.4 Å². The van der Waals surface area contributed by atoms with Crippen LogP contribution in [-0.4, -0.2) is 26.6 Å². The Kier molecular flexibility index (Phi) is 7.39. The molecule has 1 amide bonds. The maximum atomic E-state index is 12.2. The van der Waals surface area contributed by atoms with E-state index >= 15 is 0 Å². The molecule has 1 aliphatic heterocycles. The highest BCUT2D eigenvalue weighted by Crippen LogP contribution is 2.31. The molecule has 0 radical (unpaired) electrons. The minimum Gasteiger partial charge on any atom is -0.494 e. The summed E-state index contributed by atoms with van der Waals surface area (Å²) in [7, 11) is 0. The van der Waals surface area contributed by atoms with Crippen LogP contribution < -0.4 is 10.1 Å². The molecule has 1 saturated heterocycles. The van der Waals surface area contributed by atoms with Gasteiger partial charge in [-0.15, -0.1) is 0 Å². The van der Waals surface area contributed by atoms with Crippen LogP contribution in [0.25, 0.3) is 23.0 Å². The van der Waals surface area contributed by atoms with Crippen molar-refractivity contribution in [2.24, 2.45) is 0 Å². The Morgan fingerprint density at radius 2 is 1.88 bits per heavy atom. The lowest BCUT2D eigenvalue weighted by molar-refractivity contribution is -0.115. The first-order chi connectivity index (χ1) is 15.6. The van der Waals surface area contributed by atoms with Gasteiger partial charge in [-0.25, -0.2) is 4.68 Å². The van der Waals surface area contributed by atoms with Crippen molar-refractivity contribution in [3.63, 3.8) is 0 Å². The molecule has 2 heterocycles. The highest BCUT2D eigenvalue weighted by molar-refractivity contribution is 8.26. The Balaban J connectivity index is 1.60. The molecular formula is C25H25N3O2S2. The molecule has 1 aliphatic rings. The third kappa shape index (κ3) is 5.47. The van der Waals surface area contributed by atoms with Gasteiger partial charge in [0.2, 0.25) is 0 Å². The Morgan fingerprint density at radius 1 is 1.09 bits per heavy atom. The zero-order valence-corrected chi connectivity index (χ0v) is 19.5. The largest absolute Gasteiger partial charge is 0.494 e. The number of carbonyl (C=O) groups excluding carboxylic acids is 1. The summed E-state index contributed by atoms with van der Waals surface area (Å²) in [5.74, 6) is 0.675. The van der Waals surface area contributed by atoms with Crippen molar-refractivity contribution in [2.45, 2.75) is 32.6 Å². The molecule has 2 aromatic carbocycles. The number of amides is 1. The molecule has 0 unspecified atom stereocenters. The molecule has 7 heteroatoms. The Bertz CT molecular complexity index is 1120. The van der Waals surface area contributed by atoms with E-state index in [9.17, 15) is 4.79 Å². The average molecular weight is 464 g/mol. The van der Waals surface area contributed by atoms with Crippen LogP contribution in [-0.2, 0) is 4.79 Å². The summed E-state index contributed by atoms with van der Waals surface area (Å²) in [5.41, 5.74) is 3.55. The van der Waals surface area contributed by atoms with Crippen LogP contribution >= 0.6 is 24.0 Å². The summed E-state index contributed by atoms with van der Waals surface area (Å²) < 4.78 is 8.17. The standard InChI is InChI=1S/C25H25N3O2S2/c1-2-3-4-8-15-30-21-13-11-18(12-14-21)23-19(16-22-24(29)26-25(31)32-22)17-28(27-23)20-9-6-5-7-10-20/h5-7,9-14,16-17H,2-4,8,15H2,1H3,(H,26,29,31).